The average molecular weight is 620 g/mol. The first-order valence-electron chi connectivity index (χ1n) is 18.5. The van der Waals surface area contributed by atoms with Gasteiger partial charge in [-0.1, -0.05) is 148 Å². The first-order chi connectivity index (χ1) is 21.5. The average Bonchev–Trinajstić information content (AvgIpc) is 3.00. The van der Waals surface area contributed by atoms with Gasteiger partial charge in [0.2, 0.25) is 5.91 Å². The van der Waals surface area contributed by atoms with Crippen LogP contribution in [0.1, 0.15) is 187 Å². The molecule has 0 rings (SSSR count). The van der Waals surface area contributed by atoms with E-state index in [2.05, 4.69) is 43.5 Å². The van der Waals surface area contributed by atoms with Gasteiger partial charge in [0.1, 0.15) is 12.6 Å². The molecule has 2 N–H and O–H groups in total. The molecule has 0 saturated heterocycles. The topological polar surface area (TPSA) is 92.7 Å². The number of nitrogens with one attached hydrogen (secondary N) is 1. The largest absolute Gasteiger partial charge is 0.480 e. The van der Waals surface area contributed by atoms with Crippen LogP contribution in [0.5, 0.6) is 0 Å². The lowest BCUT2D eigenvalue weighted by molar-refractivity contribution is -0.147. The number of amides is 1. The van der Waals surface area contributed by atoms with Gasteiger partial charge in [-0.05, 0) is 51.0 Å². The zero-order valence-corrected chi connectivity index (χ0v) is 28.8. The normalized spacial score (nSPS) is 12.2. The van der Waals surface area contributed by atoms with E-state index in [-0.39, 0.29) is 24.5 Å². The standard InChI is InChI=1S/C38H69NO5/c1-3-5-7-9-11-13-14-15-17-19-25-29-33-38(43)44-35(30-26-22-18-16-12-10-8-6-4-2)31-27-23-20-21-24-28-32-36(40)39-34-37(41)42/h16,18,26,30,35H,3-15,17,19-25,27-29,31-34H2,1-2H3,(H,39,40)(H,41,42)/b18-16-,30-26-. The molecule has 0 saturated carbocycles. The van der Waals surface area contributed by atoms with Crippen LogP contribution in [0.2, 0.25) is 0 Å². The van der Waals surface area contributed by atoms with Gasteiger partial charge in [0.25, 0.3) is 0 Å². The quantitative estimate of drug-likeness (QED) is 0.0433. The van der Waals surface area contributed by atoms with Crippen molar-refractivity contribution in [2.75, 3.05) is 6.54 Å². The van der Waals surface area contributed by atoms with Crippen LogP contribution in [0.3, 0.4) is 0 Å². The van der Waals surface area contributed by atoms with E-state index in [0.717, 1.165) is 70.6 Å². The van der Waals surface area contributed by atoms with Crippen LogP contribution >= 0.6 is 0 Å². The number of hydrogen-bond donors (Lipinski definition) is 2. The van der Waals surface area contributed by atoms with Crippen molar-refractivity contribution in [2.24, 2.45) is 0 Å². The van der Waals surface area contributed by atoms with Crippen LogP contribution in [0.25, 0.3) is 0 Å². The molecule has 0 aliphatic rings. The van der Waals surface area contributed by atoms with E-state index in [4.69, 9.17) is 9.84 Å². The van der Waals surface area contributed by atoms with Crippen LogP contribution in [-0.4, -0.2) is 35.6 Å². The van der Waals surface area contributed by atoms with Crippen molar-refractivity contribution in [3.63, 3.8) is 0 Å². The number of carbonyl (C=O) groups is 3. The number of aliphatic carboxylic acids is 1. The third-order valence-electron chi connectivity index (χ3n) is 8.11. The Balaban J connectivity index is 4.22. The van der Waals surface area contributed by atoms with Crippen LogP contribution < -0.4 is 5.32 Å². The molecule has 6 nitrogen and oxygen atoms in total. The molecule has 0 spiro atoms. The first-order valence-corrected chi connectivity index (χ1v) is 18.5. The minimum absolute atomic E-state index is 0.0700. The van der Waals surface area contributed by atoms with Crippen molar-refractivity contribution >= 4 is 17.8 Å². The number of carbonyl (C=O) groups excluding carboxylic acids is 2. The number of ether oxygens (including phenoxy) is 1. The number of carboxylic acid groups (broad SMARTS) is 1. The van der Waals surface area contributed by atoms with Crippen molar-refractivity contribution in [1.29, 1.82) is 0 Å². The van der Waals surface area contributed by atoms with Crippen LogP contribution in [0.4, 0.5) is 0 Å². The van der Waals surface area contributed by atoms with Gasteiger partial charge in [0.15, 0.2) is 0 Å². The summed E-state index contributed by atoms with van der Waals surface area (Å²) in [4.78, 5) is 34.7. The van der Waals surface area contributed by atoms with Crippen molar-refractivity contribution < 1.29 is 24.2 Å². The van der Waals surface area contributed by atoms with Crippen LogP contribution in [0, 0.1) is 0 Å². The minimum atomic E-state index is -1.02. The lowest BCUT2D eigenvalue weighted by Gasteiger charge is -2.14. The summed E-state index contributed by atoms with van der Waals surface area (Å²) >= 11 is 0. The Kier molecular flexibility index (Phi) is 32.2. The van der Waals surface area contributed by atoms with Crippen molar-refractivity contribution in [3.05, 3.63) is 24.3 Å². The Labute approximate surface area is 271 Å². The van der Waals surface area contributed by atoms with Crippen molar-refractivity contribution in [2.45, 2.75) is 193 Å². The smallest absolute Gasteiger partial charge is 0.322 e. The highest BCUT2D eigenvalue weighted by atomic mass is 16.5. The molecule has 44 heavy (non-hydrogen) atoms. The maximum absolute atomic E-state index is 12.6. The van der Waals surface area contributed by atoms with Gasteiger partial charge < -0.3 is 15.2 Å². The fourth-order valence-corrected chi connectivity index (χ4v) is 5.35. The molecular weight excluding hydrogens is 550 g/mol. The number of hydrogen-bond acceptors (Lipinski definition) is 4. The second-order valence-corrected chi connectivity index (χ2v) is 12.5. The molecule has 256 valence electrons. The summed E-state index contributed by atoms with van der Waals surface area (Å²) in [5.41, 5.74) is 0. The number of allylic oxidation sites excluding steroid dienone is 3. The second-order valence-electron chi connectivity index (χ2n) is 12.5. The van der Waals surface area contributed by atoms with E-state index in [1.54, 1.807) is 0 Å². The van der Waals surface area contributed by atoms with Gasteiger partial charge >= 0.3 is 11.9 Å². The minimum Gasteiger partial charge on any atom is -0.480 e. The van der Waals surface area contributed by atoms with Gasteiger partial charge in [-0.25, -0.2) is 0 Å². The number of rotatable bonds is 33. The zero-order chi connectivity index (χ0) is 32.4. The predicted octanol–water partition coefficient (Wildman–Crippen LogP) is 10.8. The first kappa shape index (κ1) is 41.9. The van der Waals surface area contributed by atoms with E-state index < -0.39 is 5.97 Å². The number of carboxylic acids is 1. The summed E-state index contributed by atoms with van der Waals surface area (Å²) in [6.07, 6.45) is 38.8. The van der Waals surface area contributed by atoms with E-state index >= 15 is 0 Å². The van der Waals surface area contributed by atoms with E-state index in [1.165, 1.54) is 89.9 Å². The molecule has 1 unspecified atom stereocenters. The summed E-state index contributed by atoms with van der Waals surface area (Å²) < 4.78 is 5.90. The van der Waals surface area contributed by atoms with Gasteiger partial charge in [-0.3, -0.25) is 14.4 Å². The van der Waals surface area contributed by atoms with Gasteiger partial charge in [0.05, 0.1) is 0 Å². The summed E-state index contributed by atoms with van der Waals surface area (Å²) in [7, 11) is 0. The van der Waals surface area contributed by atoms with Gasteiger partial charge in [-0.2, -0.15) is 0 Å². The fraction of sp³-hybridized carbons (Fsp3) is 0.816. The molecule has 0 aromatic rings. The monoisotopic (exact) mass is 620 g/mol. The highest BCUT2D eigenvalue weighted by Gasteiger charge is 2.11. The molecule has 0 aliphatic heterocycles. The van der Waals surface area contributed by atoms with E-state index in [1.807, 2.05) is 0 Å². The lowest BCUT2D eigenvalue weighted by atomic mass is 10.0. The zero-order valence-electron chi connectivity index (χ0n) is 28.8. The predicted molar refractivity (Wildman–Crippen MR) is 185 cm³/mol. The van der Waals surface area contributed by atoms with Crippen molar-refractivity contribution in [3.8, 4) is 0 Å². The highest BCUT2D eigenvalue weighted by Crippen LogP contribution is 2.16. The number of unbranched alkanes of at least 4 members (excludes halogenated alkanes) is 20. The second kappa shape index (κ2) is 33.8. The Morgan fingerprint density at radius 2 is 1.11 bits per heavy atom. The molecule has 0 radical (unpaired) electrons. The lowest BCUT2D eigenvalue weighted by Crippen LogP contribution is -2.28. The Morgan fingerprint density at radius 1 is 0.614 bits per heavy atom. The molecule has 0 heterocycles. The SMILES string of the molecule is CCCCCC/C=C\C/C=C\C(CCCCCCCCC(=O)NCC(=O)O)OC(=O)CCCCCCCCCCCCCC. The molecule has 0 fully saturated rings. The molecule has 1 amide bonds. The molecule has 0 aromatic carbocycles. The van der Waals surface area contributed by atoms with Gasteiger partial charge in [-0.15, -0.1) is 0 Å². The highest BCUT2D eigenvalue weighted by molar-refractivity contribution is 5.80. The summed E-state index contributed by atoms with van der Waals surface area (Å²) in [6.45, 7) is 4.19. The fourth-order valence-electron chi connectivity index (χ4n) is 5.35. The maximum Gasteiger partial charge on any atom is 0.322 e. The molecule has 0 aromatic heterocycles. The molecular formula is C38H69NO5. The summed E-state index contributed by atoms with van der Waals surface area (Å²) in [6, 6.07) is 0. The maximum atomic E-state index is 12.6. The molecule has 0 bridgehead atoms. The summed E-state index contributed by atoms with van der Waals surface area (Å²) in [5.74, 6) is -1.28. The van der Waals surface area contributed by atoms with E-state index in [0.29, 0.717) is 12.8 Å². The van der Waals surface area contributed by atoms with Crippen LogP contribution in [-0.2, 0) is 19.1 Å². The Hall–Kier alpha value is -2.11. The molecule has 6 heteroatoms. The number of esters is 1. The van der Waals surface area contributed by atoms with Crippen molar-refractivity contribution in [1.82, 2.24) is 5.32 Å². The Morgan fingerprint density at radius 3 is 1.68 bits per heavy atom. The Bertz CT molecular complexity index is 733. The van der Waals surface area contributed by atoms with E-state index in [9.17, 15) is 14.4 Å². The summed E-state index contributed by atoms with van der Waals surface area (Å²) in [5, 5.41) is 11.0. The third kappa shape index (κ3) is 32.8. The van der Waals surface area contributed by atoms with Gasteiger partial charge in [0, 0.05) is 12.8 Å². The third-order valence-corrected chi connectivity index (χ3v) is 8.11. The molecule has 1 atom stereocenters. The molecule has 0 aliphatic carbocycles. The van der Waals surface area contributed by atoms with Crippen LogP contribution in [0.15, 0.2) is 24.3 Å².